The molecule has 0 aromatic heterocycles. The van der Waals surface area contributed by atoms with Gasteiger partial charge in [-0.25, -0.2) is 10.2 Å². The minimum atomic E-state index is -0.299. The molecule has 0 unspecified atom stereocenters. The molecule has 5 amide bonds. The van der Waals surface area contributed by atoms with Crippen LogP contribution in [0.5, 0.6) is 0 Å². The van der Waals surface area contributed by atoms with Crippen molar-refractivity contribution in [2.24, 2.45) is 0 Å². The number of likely N-dealkylation sites (tertiary alicyclic amines) is 1. The molecule has 0 radical (unpaired) electrons. The first kappa shape index (κ1) is 16.5. The summed E-state index contributed by atoms with van der Waals surface area (Å²) in [6.07, 6.45) is 2.57. The number of nitrogens with zero attached hydrogens (tertiary/aromatic N) is 4. The van der Waals surface area contributed by atoms with E-state index in [4.69, 9.17) is 0 Å². The van der Waals surface area contributed by atoms with E-state index in [1.165, 1.54) is 5.01 Å². The predicted octanol–water partition coefficient (Wildman–Crippen LogP) is -1.000. The second kappa shape index (κ2) is 7.06. The number of hydrazine groups is 1. The van der Waals surface area contributed by atoms with E-state index in [9.17, 15) is 19.2 Å². The number of carbonyl (C=O) groups excluding carboxylic acids is 4. The first-order valence-corrected chi connectivity index (χ1v) is 8.46. The van der Waals surface area contributed by atoms with Crippen molar-refractivity contribution < 1.29 is 19.2 Å². The number of urea groups is 1. The van der Waals surface area contributed by atoms with E-state index < -0.39 is 0 Å². The van der Waals surface area contributed by atoms with Crippen LogP contribution in [0, 0.1) is 0 Å². The molecule has 1 N–H and O–H groups in total. The van der Waals surface area contributed by atoms with Gasteiger partial charge in [0.15, 0.2) is 0 Å². The maximum Gasteiger partial charge on any atom is 0.336 e. The topological polar surface area (TPSA) is 93.3 Å². The smallest absolute Gasteiger partial charge is 0.336 e. The molecule has 3 aliphatic heterocycles. The number of rotatable bonds is 3. The zero-order chi connectivity index (χ0) is 17.1. The normalized spacial score (nSPS) is 21.7. The van der Waals surface area contributed by atoms with Gasteiger partial charge in [-0.2, -0.15) is 0 Å². The molecule has 9 nitrogen and oxygen atoms in total. The molecule has 0 atom stereocenters. The lowest BCUT2D eigenvalue weighted by atomic mass is 10.3. The van der Waals surface area contributed by atoms with E-state index in [-0.39, 0.29) is 30.3 Å². The van der Waals surface area contributed by atoms with Crippen LogP contribution >= 0.6 is 0 Å². The van der Waals surface area contributed by atoms with Gasteiger partial charge >= 0.3 is 6.03 Å². The second-order valence-corrected chi connectivity index (χ2v) is 6.35. The monoisotopic (exact) mass is 337 g/mol. The molecule has 3 rings (SSSR count). The molecule has 0 aromatic rings. The molecule has 3 aliphatic rings. The fourth-order valence-corrected chi connectivity index (χ4v) is 3.25. The van der Waals surface area contributed by atoms with Crippen LogP contribution in [0.25, 0.3) is 0 Å². The number of amides is 5. The zero-order valence-electron chi connectivity index (χ0n) is 13.7. The number of hydrogen-bond acceptors (Lipinski definition) is 4. The first-order valence-electron chi connectivity index (χ1n) is 8.46. The van der Waals surface area contributed by atoms with E-state index in [1.54, 1.807) is 14.7 Å². The molecule has 0 saturated carbocycles. The van der Waals surface area contributed by atoms with E-state index in [1.807, 2.05) is 0 Å². The Balaban J connectivity index is 1.43. The Morgan fingerprint density at radius 3 is 2.04 bits per heavy atom. The number of carbonyl (C=O) groups is 4. The van der Waals surface area contributed by atoms with Crippen molar-refractivity contribution in [3.05, 3.63) is 0 Å². The van der Waals surface area contributed by atoms with Gasteiger partial charge in [0.25, 0.3) is 0 Å². The van der Waals surface area contributed by atoms with Gasteiger partial charge in [0.1, 0.15) is 0 Å². The summed E-state index contributed by atoms with van der Waals surface area (Å²) in [4.78, 5) is 52.4. The van der Waals surface area contributed by atoms with Gasteiger partial charge in [-0.05, 0) is 12.8 Å². The lowest BCUT2D eigenvalue weighted by molar-refractivity contribution is -0.139. The third-order valence-electron chi connectivity index (χ3n) is 4.72. The van der Waals surface area contributed by atoms with Gasteiger partial charge < -0.3 is 14.7 Å². The third-order valence-corrected chi connectivity index (χ3v) is 4.72. The second-order valence-electron chi connectivity index (χ2n) is 6.35. The summed E-state index contributed by atoms with van der Waals surface area (Å²) in [5, 5.41) is 1.36. The molecular formula is C15H23N5O4. The lowest BCUT2D eigenvalue weighted by Gasteiger charge is -2.36. The number of piperazine rings is 1. The molecule has 24 heavy (non-hydrogen) atoms. The summed E-state index contributed by atoms with van der Waals surface area (Å²) >= 11 is 0. The molecule has 3 fully saturated rings. The van der Waals surface area contributed by atoms with Gasteiger partial charge in [-0.15, -0.1) is 0 Å². The zero-order valence-corrected chi connectivity index (χ0v) is 13.7. The SMILES string of the molecule is O=C(CN1CCCC1=O)N1CCN(C(=O)NN2CCCC2=O)CC1. The first-order chi connectivity index (χ1) is 11.5. The average Bonchev–Trinajstić information content (AvgIpc) is 3.16. The largest absolute Gasteiger partial charge is 0.338 e. The summed E-state index contributed by atoms with van der Waals surface area (Å²) < 4.78 is 0. The molecule has 0 aliphatic carbocycles. The van der Waals surface area contributed by atoms with Crippen molar-refractivity contribution >= 4 is 23.8 Å². The summed E-state index contributed by atoms with van der Waals surface area (Å²) in [6.45, 7) is 3.07. The molecule has 0 spiro atoms. The molecule has 132 valence electrons. The van der Waals surface area contributed by atoms with E-state index in [0.29, 0.717) is 52.1 Å². The Morgan fingerprint density at radius 2 is 1.46 bits per heavy atom. The number of hydrogen-bond donors (Lipinski definition) is 1. The fourth-order valence-electron chi connectivity index (χ4n) is 3.25. The molecular weight excluding hydrogens is 314 g/mol. The van der Waals surface area contributed by atoms with Crippen molar-refractivity contribution in [3.8, 4) is 0 Å². The minimum absolute atomic E-state index is 0.0386. The molecule has 3 saturated heterocycles. The van der Waals surface area contributed by atoms with Crippen LogP contribution in [0.3, 0.4) is 0 Å². The maximum absolute atomic E-state index is 12.3. The van der Waals surface area contributed by atoms with Crippen molar-refractivity contribution in [3.63, 3.8) is 0 Å². The van der Waals surface area contributed by atoms with Crippen molar-refractivity contribution in [2.45, 2.75) is 25.7 Å². The van der Waals surface area contributed by atoms with Gasteiger partial charge in [-0.3, -0.25) is 19.4 Å². The minimum Gasteiger partial charge on any atom is -0.338 e. The van der Waals surface area contributed by atoms with Crippen LogP contribution in [0.15, 0.2) is 0 Å². The summed E-state index contributed by atoms with van der Waals surface area (Å²) in [5.41, 5.74) is 2.62. The predicted molar refractivity (Wildman–Crippen MR) is 83.4 cm³/mol. The van der Waals surface area contributed by atoms with Crippen LogP contribution in [0.2, 0.25) is 0 Å². The lowest BCUT2D eigenvalue weighted by Crippen LogP contribution is -2.57. The van der Waals surface area contributed by atoms with Crippen molar-refractivity contribution in [1.29, 1.82) is 0 Å². The highest BCUT2D eigenvalue weighted by Crippen LogP contribution is 2.11. The molecule has 0 bridgehead atoms. The van der Waals surface area contributed by atoms with Crippen LogP contribution < -0.4 is 5.43 Å². The van der Waals surface area contributed by atoms with Crippen molar-refractivity contribution in [2.75, 3.05) is 45.8 Å². The fraction of sp³-hybridized carbons (Fsp3) is 0.733. The average molecular weight is 337 g/mol. The molecule has 0 aromatic carbocycles. The van der Waals surface area contributed by atoms with E-state index >= 15 is 0 Å². The van der Waals surface area contributed by atoms with Gasteiger partial charge in [-0.1, -0.05) is 0 Å². The summed E-state index contributed by atoms with van der Waals surface area (Å²) in [7, 11) is 0. The quantitative estimate of drug-likeness (QED) is 0.715. The van der Waals surface area contributed by atoms with Gasteiger partial charge in [0.05, 0.1) is 6.54 Å². The van der Waals surface area contributed by atoms with Crippen LogP contribution in [0.4, 0.5) is 4.79 Å². The van der Waals surface area contributed by atoms with Gasteiger partial charge in [0.2, 0.25) is 17.7 Å². The Kier molecular flexibility index (Phi) is 4.86. The Labute approximate surface area is 140 Å². The Bertz CT molecular complexity index is 496. The Hall–Kier alpha value is -2.32. The van der Waals surface area contributed by atoms with Gasteiger partial charge in [0, 0.05) is 52.1 Å². The van der Waals surface area contributed by atoms with E-state index in [2.05, 4.69) is 5.43 Å². The highest BCUT2D eigenvalue weighted by molar-refractivity contribution is 5.86. The maximum atomic E-state index is 12.3. The molecule has 3 heterocycles. The third kappa shape index (κ3) is 3.60. The van der Waals surface area contributed by atoms with E-state index in [0.717, 1.165) is 12.8 Å². The van der Waals surface area contributed by atoms with Crippen LogP contribution in [-0.2, 0) is 14.4 Å². The summed E-state index contributed by atoms with van der Waals surface area (Å²) in [6, 6.07) is -0.299. The van der Waals surface area contributed by atoms with Crippen LogP contribution in [-0.4, -0.2) is 89.3 Å². The van der Waals surface area contributed by atoms with Crippen molar-refractivity contribution in [1.82, 2.24) is 25.1 Å². The Morgan fingerprint density at radius 1 is 0.833 bits per heavy atom. The highest BCUT2D eigenvalue weighted by Gasteiger charge is 2.29. The standard InChI is InChI=1S/C15H23N5O4/c21-12-3-1-5-19(12)11-14(23)17-7-9-18(10-8-17)15(24)16-20-6-2-4-13(20)22/h1-11H2,(H,16,24). The molecule has 9 heteroatoms. The number of nitrogens with one attached hydrogen (secondary N) is 1. The highest BCUT2D eigenvalue weighted by atomic mass is 16.2. The summed E-state index contributed by atoms with van der Waals surface area (Å²) in [5.74, 6) is -0.0934. The van der Waals surface area contributed by atoms with Crippen LogP contribution in [0.1, 0.15) is 25.7 Å².